The number of nitrogen functional groups attached to an aromatic ring is 1. The van der Waals surface area contributed by atoms with Gasteiger partial charge in [0.2, 0.25) is 11.2 Å². The van der Waals surface area contributed by atoms with Gasteiger partial charge in [0.25, 0.3) is 0 Å². The van der Waals surface area contributed by atoms with Crippen LogP contribution < -0.4 is 15.9 Å². The number of unbranched alkanes of at least 4 members (excludes halogenated alkanes) is 3. The van der Waals surface area contributed by atoms with Crippen molar-refractivity contribution in [1.29, 1.82) is 0 Å². The smallest absolute Gasteiger partial charge is 0.374 e. The summed E-state index contributed by atoms with van der Waals surface area (Å²) in [6.07, 6.45) is 7.25. The number of carbonyl (C=O) groups excluding carboxylic acids is 1. The number of aromatic carboxylic acids is 1. The van der Waals surface area contributed by atoms with Gasteiger partial charge in [-0.05, 0) is 42.3 Å². The molecule has 0 amide bonds. The first-order valence-electron chi connectivity index (χ1n) is 10.9. The van der Waals surface area contributed by atoms with Crippen LogP contribution in [0, 0.1) is 11.8 Å². The molecule has 2 aromatic carbocycles. The number of hydrogen-bond donors (Lipinski definition) is 2. The summed E-state index contributed by atoms with van der Waals surface area (Å²) < 4.78 is 10.9. The van der Waals surface area contributed by atoms with E-state index >= 15 is 0 Å². The molecule has 3 N–H and O–H groups in total. The molecule has 0 aliphatic carbocycles. The van der Waals surface area contributed by atoms with Crippen LogP contribution in [0.2, 0.25) is 0 Å². The maximum atomic E-state index is 12.8. The lowest BCUT2D eigenvalue weighted by Gasteiger charge is -2.06. The number of ketones is 1. The maximum Gasteiger partial charge on any atom is 0.374 e. The monoisotopic (exact) mass is 459 g/mol. The fourth-order valence-corrected chi connectivity index (χ4v) is 3.24. The number of carboxylic acid groups (broad SMARTS) is 1. The molecule has 1 heterocycles. The van der Waals surface area contributed by atoms with Crippen molar-refractivity contribution in [3.63, 3.8) is 0 Å². The molecule has 3 rings (SSSR count). The molecule has 3 aromatic rings. The van der Waals surface area contributed by atoms with E-state index in [4.69, 9.17) is 14.9 Å². The fraction of sp³-hybridized carbons (Fsp3) is 0.222. The molecule has 0 unspecified atom stereocenters. The number of carboxylic acids is 1. The lowest BCUT2D eigenvalue weighted by atomic mass is 10.0. The Labute approximate surface area is 196 Å². The van der Waals surface area contributed by atoms with E-state index in [2.05, 4.69) is 18.8 Å². The largest absolute Gasteiger partial charge is 0.481 e. The van der Waals surface area contributed by atoms with Crippen LogP contribution in [-0.4, -0.2) is 23.5 Å². The molecule has 0 atom stereocenters. The summed E-state index contributed by atoms with van der Waals surface area (Å²) in [6, 6.07) is 11.5. The summed E-state index contributed by atoms with van der Waals surface area (Å²) in [6.45, 7) is 2.47. The van der Waals surface area contributed by atoms with Crippen molar-refractivity contribution < 1.29 is 23.8 Å². The van der Waals surface area contributed by atoms with E-state index in [9.17, 15) is 19.5 Å². The number of carbonyl (C=O) groups is 2. The van der Waals surface area contributed by atoms with Gasteiger partial charge in [0.1, 0.15) is 23.6 Å². The van der Waals surface area contributed by atoms with Crippen molar-refractivity contribution in [3.8, 4) is 17.6 Å². The minimum absolute atomic E-state index is 0.0386. The van der Waals surface area contributed by atoms with Crippen molar-refractivity contribution in [3.05, 3.63) is 75.7 Å². The molecular weight excluding hydrogens is 434 g/mol. The lowest BCUT2D eigenvalue weighted by Crippen LogP contribution is -2.15. The molecule has 0 aliphatic rings. The van der Waals surface area contributed by atoms with Crippen molar-refractivity contribution in [2.75, 3.05) is 12.3 Å². The molecule has 1 aromatic heterocycles. The molecular formula is C27H25NO6. The highest BCUT2D eigenvalue weighted by atomic mass is 16.5. The third-order valence-electron chi connectivity index (χ3n) is 5.06. The summed E-state index contributed by atoms with van der Waals surface area (Å²) in [5.41, 5.74) is 5.07. The molecule has 174 valence electrons. The second kappa shape index (κ2) is 11.5. The molecule has 0 saturated carbocycles. The van der Waals surface area contributed by atoms with Crippen LogP contribution in [0.25, 0.3) is 17.0 Å². The number of nitrogens with two attached hydrogens (primary N) is 1. The van der Waals surface area contributed by atoms with Crippen LogP contribution in [0.3, 0.4) is 0 Å². The van der Waals surface area contributed by atoms with Gasteiger partial charge in [-0.2, -0.15) is 0 Å². The molecule has 34 heavy (non-hydrogen) atoms. The third-order valence-corrected chi connectivity index (χ3v) is 5.06. The zero-order valence-corrected chi connectivity index (χ0v) is 18.8. The van der Waals surface area contributed by atoms with E-state index in [0.29, 0.717) is 12.4 Å². The van der Waals surface area contributed by atoms with Crippen LogP contribution >= 0.6 is 0 Å². The zero-order chi connectivity index (χ0) is 24.5. The highest BCUT2D eigenvalue weighted by Crippen LogP contribution is 2.22. The van der Waals surface area contributed by atoms with Crippen molar-refractivity contribution in [2.45, 2.75) is 32.6 Å². The van der Waals surface area contributed by atoms with Crippen LogP contribution in [0.4, 0.5) is 5.69 Å². The Morgan fingerprint density at radius 3 is 2.59 bits per heavy atom. The number of hydrogen-bond acceptors (Lipinski definition) is 6. The minimum atomic E-state index is -1.49. The summed E-state index contributed by atoms with van der Waals surface area (Å²) >= 11 is 0. The number of rotatable bonds is 9. The highest BCUT2D eigenvalue weighted by Gasteiger charge is 2.20. The van der Waals surface area contributed by atoms with Gasteiger partial charge in [-0.25, -0.2) is 4.79 Å². The summed E-state index contributed by atoms with van der Waals surface area (Å²) in [4.78, 5) is 36.5. The second-order valence-electron chi connectivity index (χ2n) is 7.53. The van der Waals surface area contributed by atoms with E-state index in [1.165, 1.54) is 37.1 Å². The fourth-order valence-electron chi connectivity index (χ4n) is 3.24. The summed E-state index contributed by atoms with van der Waals surface area (Å²) in [5.74, 6) is 4.12. The number of anilines is 1. The molecule has 0 bridgehead atoms. The second-order valence-corrected chi connectivity index (χ2v) is 7.53. The minimum Gasteiger partial charge on any atom is -0.481 e. The standard InChI is InChI=1S/C27H25NO6/c1-2-3-4-5-6-7-17-33-19-14-11-18(12-15-19)13-16-22(29)20-9-8-10-21-24(30)23(28)26(27(31)32)34-25(20)21/h8-16H,2-5,17,28H2,1H3,(H,31,32). The van der Waals surface area contributed by atoms with Crippen molar-refractivity contribution in [2.24, 2.45) is 0 Å². The molecule has 0 aliphatic heterocycles. The highest BCUT2D eigenvalue weighted by molar-refractivity contribution is 6.13. The average molecular weight is 459 g/mol. The Morgan fingerprint density at radius 1 is 1.12 bits per heavy atom. The Morgan fingerprint density at radius 2 is 1.88 bits per heavy atom. The Bertz CT molecular complexity index is 1340. The molecule has 0 radical (unpaired) electrons. The Hall–Kier alpha value is -4.31. The maximum absolute atomic E-state index is 12.8. The SMILES string of the molecule is CCCCCC#CCOc1ccc(C=CC(=O)c2cccc3c(=O)c(N)c(C(=O)O)oc23)cc1. The number of benzene rings is 2. The topological polar surface area (TPSA) is 120 Å². The van der Waals surface area contributed by atoms with E-state index in [-0.39, 0.29) is 16.5 Å². The predicted octanol–water partition coefficient (Wildman–Crippen LogP) is 4.93. The predicted molar refractivity (Wildman–Crippen MR) is 131 cm³/mol. The van der Waals surface area contributed by atoms with Gasteiger partial charge in [0.15, 0.2) is 5.78 Å². The molecule has 7 nitrogen and oxygen atoms in total. The molecule has 0 saturated heterocycles. The van der Waals surface area contributed by atoms with Crippen LogP contribution in [0.1, 0.15) is 59.1 Å². The normalized spacial score (nSPS) is 10.7. The van der Waals surface area contributed by atoms with Crippen LogP contribution in [0.15, 0.2) is 57.8 Å². The lowest BCUT2D eigenvalue weighted by molar-refractivity contribution is 0.0664. The van der Waals surface area contributed by atoms with Crippen LogP contribution in [0.5, 0.6) is 5.75 Å². The van der Waals surface area contributed by atoms with Crippen molar-refractivity contribution in [1.82, 2.24) is 0 Å². The van der Waals surface area contributed by atoms with E-state index < -0.39 is 28.6 Å². The van der Waals surface area contributed by atoms with Gasteiger partial charge < -0.3 is 20.0 Å². The number of ether oxygens (including phenoxy) is 1. The zero-order valence-electron chi connectivity index (χ0n) is 18.8. The van der Waals surface area contributed by atoms with E-state index in [1.54, 1.807) is 30.3 Å². The summed E-state index contributed by atoms with van der Waals surface area (Å²) in [7, 11) is 0. The molecule has 0 fully saturated rings. The van der Waals surface area contributed by atoms with E-state index in [1.807, 2.05) is 0 Å². The van der Waals surface area contributed by atoms with Crippen LogP contribution in [-0.2, 0) is 0 Å². The van der Waals surface area contributed by atoms with Gasteiger partial charge in [-0.3, -0.25) is 9.59 Å². The quantitative estimate of drug-likeness (QED) is 0.201. The van der Waals surface area contributed by atoms with Gasteiger partial charge in [0.05, 0.1) is 10.9 Å². The van der Waals surface area contributed by atoms with Crippen molar-refractivity contribution >= 4 is 34.5 Å². The summed E-state index contributed by atoms with van der Waals surface area (Å²) in [5, 5.41) is 9.27. The molecule has 0 spiro atoms. The first-order chi connectivity index (χ1) is 16.4. The Balaban J connectivity index is 1.71. The average Bonchev–Trinajstić information content (AvgIpc) is 2.84. The number of allylic oxidation sites excluding steroid dienone is 1. The number of para-hydroxylation sites is 1. The first-order valence-corrected chi connectivity index (χ1v) is 10.9. The Kier molecular flexibility index (Phi) is 8.25. The van der Waals surface area contributed by atoms with E-state index in [0.717, 1.165) is 18.4 Å². The van der Waals surface area contributed by atoms with Gasteiger partial charge in [0, 0.05) is 6.42 Å². The molecule has 7 heteroatoms. The first kappa shape index (κ1) is 24.3. The van der Waals surface area contributed by atoms with Gasteiger partial charge in [-0.1, -0.05) is 55.9 Å². The van der Waals surface area contributed by atoms with Gasteiger partial charge >= 0.3 is 5.97 Å². The van der Waals surface area contributed by atoms with Gasteiger partial charge in [-0.15, -0.1) is 0 Å². The third kappa shape index (κ3) is 5.93. The number of fused-ring (bicyclic) bond motifs is 1.